The third-order valence-corrected chi connectivity index (χ3v) is 7.55. The highest BCUT2D eigenvalue weighted by molar-refractivity contribution is 7.80. The van der Waals surface area contributed by atoms with E-state index in [1.165, 1.54) is 29.1 Å². The van der Waals surface area contributed by atoms with Crippen molar-refractivity contribution in [3.8, 4) is 0 Å². The Balaban J connectivity index is 1.47. The maximum atomic E-state index is 13.2. The van der Waals surface area contributed by atoms with E-state index in [1.54, 1.807) is 6.92 Å². The van der Waals surface area contributed by atoms with Gasteiger partial charge in [0.2, 0.25) is 5.91 Å². The van der Waals surface area contributed by atoms with Crippen LogP contribution in [0.3, 0.4) is 0 Å². The SMILES string of the molecule is CCOC(=O)c1c(NC(=O)C2CC(F)C2)sc2c1C[C@@H](NC(=S)Nc1cc(C(F)F)nn1C)CC2. The molecule has 1 fully saturated rings. The fraction of sp³-hybridized carbons (Fsp3) is 0.545. The zero-order valence-corrected chi connectivity index (χ0v) is 20.8. The highest BCUT2D eigenvalue weighted by Crippen LogP contribution is 2.40. The Bertz CT molecular complexity index is 1130. The maximum Gasteiger partial charge on any atom is 0.341 e. The molecule has 2 aromatic heterocycles. The normalized spacial score (nSPS) is 21.1. The number of aryl methyl sites for hydroxylation is 2. The average molecular weight is 530 g/mol. The maximum absolute atomic E-state index is 13.2. The highest BCUT2D eigenvalue weighted by Gasteiger charge is 2.36. The summed E-state index contributed by atoms with van der Waals surface area (Å²) >= 11 is 6.71. The molecule has 2 aliphatic carbocycles. The molecular weight excluding hydrogens is 503 g/mol. The summed E-state index contributed by atoms with van der Waals surface area (Å²) in [4.78, 5) is 26.3. The van der Waals surface area contributed by atoms with E-state index in [9.17, 15) is 22.8 Å². The number of nitrogens with one attached hydrogen (secondary N) is 3. The van der Waals surface area contributed by atoms with E-state index in [4.69, 9.17) is 17.0 Å². The molecule has 190 valence electrons. The third kappa shape index (κ3) is 5.61. The summed E-state index contributed by atoms with van der Waals surface area (Å²) in [6.45, 7) is 1.89. The predicted molar refractivity (Wildman–Crippen MR) is 130 cm³/mol. The number of anilines is 2. The summed E-state index contributed by atoms with van der Waals surface area (Å²) < 4.78 is 45.5. The molecule has 0 saturated heterocycles. The fourth-order valence-corrected chi connectivity index (χ4v) is 5.75. The Hall–Kier alpha value is -2.67. The van der Waals surface area contributed by atoms with Crippen LogP contribution in [-0.4, -0.2) is 45.6 Å². The molecule has 4 rings (SSSR count). The smallest absolute Gasteiger partial charge is 0.341 e. The Morgan fingerprint density at radius 2 is 2.09 bits per heavy atom. The van der Waals surface area contributed by atoms with Gasteiger partial charge in [0, 0.05) is 30.0 Å². The summed E-state index contributed by atoms with van der Waals surface area (Å²) in [7, 11) is 1.54. The van der Waals surface area contributed by atoms with E-state index in [0.29, 0.717) is 35.6 Å². The molecule has 1 amide bonds. The minimum atomic E-state index is -2.69. The van der Waals surface area contributed by atoms with Gasteiger partial charge in [-0.05, 0) is 56.8 Å². The number of nitrogens with zero attached hydrogens (tertiary/aromatic N) is 2. The molecule has 35 heavy (non-hydrogen) atoms. The van der Waals surface area contributed by atoms with Crippen molar-refractivity contribution in [3.63, 3.8) is 0 Å². The molecule has 0 aromatic carbocycles. The summed E-state index contributed by atoms with van der Waals surface area (Å²) in [5, 5.41) is 13.3. The van der Waals surface area contributed by atoms with E-state index in [-0.39, 0.29) is 42.2 Å². The Morgan fingerprint density at radius 3 is 2.71 bits per heavy atom. The molecule has 3 N–H and O–H groups in total. The van der Waals surface area contributed by atoms with Gasteiger partial charge in [-0.1, -0.05) is 0 Å². The summed E-state index contributed by atoms with van der Waals surface area (Å²) in [6.07, 6.45) is -1.43. The molecule has 0 spiro atoms. The Kier molecular flexibility index (Phi) is 7.64. The molecule has 1 saturated carbocycles. The number of alkyl halides is 3. The largest absolute Gasteiger partial charge is 0.462 e. The monoisotopic (exact) mass is 529 g/mol. The third-order valence-electron chi connectivity index (χ3n) is 6.13. The van der Waals surface area contributed by atoms with Crippen molar-refractivity contribution < 1.29 is 27.5 Å². The van der Waals surface area contributed by atoms with Crippen LogP contribution in [0, 0.1) is 5.92 Å². The van der Waals surface area contributed by atoms with E-state index >= 15 is 0 Å². The lowest BCUT2D eigenvalue weighted by Gasteiger charge is -2.28. The van der Waals surface area contributed by atoms with Crippen LogP contribution in [0.25, 0.3) is 0 Å². The van der Waals surface area contributed by atoms with Crippen molar-refractivity contribution in [1.29, 1.82) is 0 Å². The van der Waals surface area contributed by atoms with Gasteiger partial charge in [0.05, 0.1) is 12.2 Å². The first kappa shape index (κ1) is 25.4. The van der Waals surface area contributed by atoms with Gasteiger partial charge in [-0.15, -0.1) is 11.3 Å². The van der Waals surface area contributed by atoms with Gasteiger partial charge in [0.25, 0.3) is 6.43 Å². The number of hydrogen-bond donors (Lipinski definition) is 3. The van der Waals surface area contributed by atoms with Gasteiger partial charge in [-0.3, -0.25) is 9.48 Å². The number of carbonyl (C=O) groups excluding carboxylic acids is 2. The number of amides is 1. The lowest BCUT2D eigenvalue weighted by atomic mass is 9.83. The van der Waals surface area contributed by atoms with Gasteiger partial charge in [-0.25, -0.2) is 18.0 Å². The van der Waals surface area contributed by atoms with Crippen LogP contribution in [0.2, 0.25) is 0 Å². The molecule has 2 aliphatic rings. The van der Waals surface area contributed by atoms with Crippen molar-refractivity contribution >= 4 is 51.4 Å². The molecule has 2 heterocycles. The highest BCUT2D eigenvalue weighted by atomic mass is 32.1. The molecule has 0 radical (unpaired) electrons. The molecule has 0 bridgehead atoms. The topological polar surface area (TPSA) is 97.3 Å². The van der Waals surface area contributed by atoms with Gasteiger partial charge >= 0.3 is 5.97 Å². The number of hydrogen-bond acceptors (Lipinski definition) is 6. The van der Waals surface area contributed by atoms with Crippen molar-refractivity contribution in [2.45, 2.75) is 57.7 Å². The number of esters is 1. The molecule has 1 atom stereocenters. The number of aromatic nitrogens is 2. The van der Waals surface area contributed by atoms with E-state index < -0.39 is 24.5 Å². The number of halogens is 3. The predicted octanol–water partition coefficient (Wildman–Crippen LogP) is 4.13. The molecule has 8 nitrogen and oxygen atoms in total. The van der Waals surface area contributed by atoms with Crippen LogP contribution >= 0.6 is 23.6 Å². The van der Waals surface area contributed by atoms with Crippen LogP contribution in [-0.2, 0) is 29.4 Å². The van der Waals surface area contributed by atoms with Crippen LogP contribution in [0.15, 0.2) is 6.07 Å². The summed E-state index contributed by atoms with van der Waals surface area (Å²) in [5.41, 5.74) is 0.763. The van der Waals surface area contributed by atoms with Crippen molar-refractivity contribution in [2.24, 2.45) is 13.0 Å². The lowest BCUT2D eigenvalue weighted by molar-refractivity contribution is -0.124. The van der Waals surface area contributed by atoms with Crippen LogP contribution in [0.5, 0.6) is 0 Å². The second-order valence-corrected chi connectivity index (χ2v) is 10.1. The van der Waals surface area contributed by atoms with Crippen LogP contribution in [0.4, 0.5) is 24.0 Å². The fourth-order valence-electron chi connectivity index (χ4n) is 4.24. The molecule has 13 heteroatoms. The minimum Gasteiger partial charge on any atom is -0.462 e. The van der Waals surface area contributed by atoms with Crippen LogP contribution in [0.1, 0.15) is 59.1 Å². The second kappa shape index (κ2) is 10.5. The lowest BCUT2D eigenvalue weighted by Crippen LogP contribution is -2.41. The van der Waals surface area contributed by atoms with Crippen molar-refractivity contribution in [2.75, 3.05) is 17.2 Å². The van der Waals surface area contributed by atoms with E-state index in [2.05, 4.69) is 21.0 Å². The molecule has 0 unspecified atom stereocenters. The van der Waals surface area contributed by atoms with E-state index in [1.807, 2.05) is 0 Å². The number of thiocarbonyl (C=S) groups is 1. The first-order valence-corrected chi connectivity index (χ1v) is 12.5. The standard InChI is InChI=1S/C22H26F3N5O3S2/c1-3-33-21(32)17-13-8-12(26-22(34)27-16-9-14(18(24)25)29-30(16)2)4-5-15(13)35-20(17)28-19(31)10-6-11(23)7-10/h9-12,18H,3-8H2,1-2H3,(H,28,31)(H2,26,27,34)/t10?,11?,12-/m0/s1. The van der Waals surface area contributed by atoms with Crippen molar-refractivity contribution in [3.05, 3.63) is 27.8 Å². The summed E-state index contributed by atoms with van der Waals surface area (Å²) in [5.74, 6) is -0.876. The number of ether oxygens (including phenoxy) is 1. The number of fused-ring (bicyclic) bond motifs is 1. The van der Waals surface area contributed by atoms with E-state index in [0.717, 1.165) is 10.4 Å². The second-order valence-electron chi connectivity index (χ2n) is 8.60. The Labute approximate surface area is 209 Å². The zero-order chi connectivity index (χ0) is 25.3. The van der Waals surface area contributed by atoms with Crippen LogP contribution < -0.4 is 16.0 Å². The molecule has 0 aliphatic heterocycles. The van der Waals surface area contributed by atoms with Gasteiger partial charge in [0.1, 0.15) is 22.7 Å². The number of carbonyl (C=O) groups is 2. The minimum absolute atomic E-state index is 0.129. The number of thiophene rings is 1. The zero-order valence-electron chi connectivity index (χ0n) is 19.2. The van der Waals surface area contributed by atoms with Gasteiger partial charge < -0.3 is 20.7 Å². The van der Waals surface area contributed by atoms with Crippen molar-refractivity contribution in [1.82, 2.24) is 15.1 Å². The quantitative estimate of drug-likeness (QED) is 0.367. The first-order valence-electron chi connectivity index (χ1n) is 11.3. The average Bonchev–Trinajstić information content (AvgIpc) is 3.31. The molecular formula is C22H26F3N5O3S2. The number of rotatable bonds is 7. The summed E-state index contributed by atoms with van der Waals surface area (Å²) in [6, 6.07) is 1.10. The van der Waals surface area contributed by atoms with Gasteiger partial charge in [0.15, 0.2) is 5.11 Å². The first-order chi connectivity index (χ1) is 16.7. The van der Waals surface area contributed by atoms with Gasteiger partial charge in [-0.2, -0.15) is 5.10 Å². The molecule has 2 aromatic rings. The Morgan fingerprint density at radius 1 is 1.34 bits per heavy atom.